The van der Waals surface area contributed by atoms with Crippen LogP contribution in [0.1, 0.15) is 33.1 Å². The average Bonchev–Trinajstić information content (AvgIpc) is 2.44. The van der Waals surface area contributed by atoms with E-state index in [-0.39, 0.29) is 11.4 Å². The van der Waals surface area contributed by atoms with E-state index >= 15 is 0 Å². The topological polar surface area (TPSA) is 101 Å². The zero-order chi connectivity index (χ0) is 15.9. The molecule has 2 N–H and O–H groups in total. The molecule has 21 heavy (non-hydrogen) atoms. The summed E-state index contributed by atoms with van der Waals surface area (Å²) >= 11 is 0. The van der Waals surface area contributed by atoms with Crippen LogP contribution in [0.15, 0.2) is 23.1 Å². The van der Waals surface area contributed by atoms with Gasteiger partial charge in [0.2, 0.25) is 10.0 Å². The maximum atomic E-state index is 12.1. The van der Waals surface area contributed by atoms with Gasteiger partial charge in [-0.3, -0.25) is 10.1 Å². The normalized spacial score (nSPS) is 11.3. The number of nitro benzene ring substituents is 1. The third-order valence-electron chi connectivity index (χ3n) is 2.85. The molecule has 0 radical (unpaired) electrons. The van der Waals surface area contributed by atoms with Crippen molar-refractivity contribution < 1.29 is 13.3 Å². The molecule has 0 saturated carbocycles. The minimum atomic E-state index is -3.86. The van der Waals surface area contributed by atoms with Gasteiger partial charge in [-0.2, -0.15) is 0 Å². The highest BCUT2D eigenvalue weighted by atomic mass is 32.2. The summed E-state index contributed by atoms with van der Waals surface area (Å²) in [6.07, 6.45) is 2.39. The van der Waals surface area contributed by atoms with Crippen LogP contribution in [0.5, 0.6) is 0 Å². The first kappa shape index (κ1) is 17.4. The Bertz CT molecular complexity index is 587. The second-order valence-corrected chi connectivity index (χ2v) is 6.35. The summed E-state index contributed by atoms with van der Waals surface area (Å²) in [6, 6.07) is 4.06. The summed E-state index contributed by atoms with van der Waals surface area (Å²) < 4.78 is 26.6. The molecule has 0 bridgehead atoms. The molecular formula is C13H21N3O4S. The van der Waals surface area contributed by atoms with Gasteiger partial charge < -0.3 is 5.32 Å². The zero-order valence-corrected chi connectivity index (χ0v) is 13.1. The predicted molar refractivity (Wildman–Crippen MR) is 82.0 cm³/mol. The maximum absolute atomic E-state index is 12.1. The molecule has 118 valence electrons. The first-order valence-electron chi connectivity index (χ1n) is 6.94. The van der Waals surface area contributed by atoms with E-state index in [1.54, 1.807) is 0 Å². The van der Waals surface area contributed by atoms with E-state index in [1.165, 1.54) is 18.2 Å². The van der Waals surface area contributed by atoms with Gasteiger partial charge in [-0.25, -0.2) is 13.1 Å². The molecule has 0 aliphatic heterocycles. The van der Waals surface area contributed by atoms with Crippen LogP contribution in [0.2, 0.25) is 0 Å². The fourth-order valence-corrected chi connectivity index (χ4v) is 2.95. The molecule has 0 aliphatic rings. The van der Waals surface area contributed by atoms with Gasteiger partial charge in [-0.15, -0.1) is 0 Å². The van der Waals surface area contributed by atoms with Gasteiger partial charge in [0, 0.05) is 24.8 Å². The van der Waals surface area contributed by atoms with E-state index in [1.807, 2.05) is 13.8 Å². The number of rotatable bonds is 9. The monoisotopic (exact) mass is 315 g/mol. The molecule has 0 aliphatic carbocycles. The van der Waals surface area contributed by atoms with Crippen molar-refractivity contribution in [2.45, 2.75) is 38.0 Å². The average molecular weight is 315 g/mol. The Labute approximate surface area is 124 Å². The Morgan fingerprint density at radius 1 is 1.19 bits per heavy atom. The first-order valence-corrected chi connectivity index (χ1v) is 8.42. The molecule has 0 spiro atoms. The van der Waals surface area contributed by atoms with Gasteiger partial charge in [-0.05, 0) is 25.0 Å². The molecular weight excluding hydrogens is 294 g/mol. The fourth-order valence-electron chi connectivity index (χ4n) is 1.73. The zero-order valence-electron chi connectivity index (χ0n) is 12.3. The van der Waals surface area contributed by atoms with Crippen molar-refractivity contribution in [1.29, 1.82) is 0 Å². The largest absolute Gasteiger partial charge is 0.385 e. The molecule has 1 rings (SSSR count). The van der Waals surface area contributed by atoms with Crippen molar-refractivity contribution in [3.63, 3.8) is 0 Å². The van der Waals surface area contributed by atoms with Crippen LogP contribution < -0.4 is 10.0 Å². The van der Waals surface area contributed by atoms with Crippen LogP contribution in [0, 0.1) is 10.1 Å². The number of sulfonamides is 1. The predicted octanol–water partition coefficient (Wildman–Crippen LogP) is 2.50. The number of unbranched alkanes of at least 4 members (excludes halogenated alkanes) is 1. The molecule has 8 heteroatoms. The molecule has 0 atom stereocenters. The van der Waals surface area contributed by atoms with Crippen LogP contribution in [0.4, 0.5) is 11.4 Å². The van der Waals surface area contributed by atoms with Crippen molar-refractivity contribution in [1.82, 2.24) is 4.72 Å². The van der Waals surface area contributed by atoms with Crippen LogP contribution in [0.3, 0.4) is 0 Å². The quantitative estimate of drug-likeness (QED) is 0.414. The lowest BCUT2D eigenvalue weighted by atomic mass is 10.2. The molecule has 7 nitrogen and oxygen atoms in total. The van der Waals surface area contributed by atoms with E-state index in [2.05, 4.69) is 10.0 Å². The lowest BCUT2D eigenvalue weighted by Crippen LogP contribution is -2.25. The molecule has 0 aromatic heterocycles. The van der Waals surface area contributed by atoms with Crippen LogP contribution in [-0.4, -0.2) is 26.4 Å². The number of nitro groups is 1. The molecule has 0 amide bonds. The second-order valence-electron chi connectivity index (χ2n) is 4.62. The number of nitrogens with one attached hydrogen (secondary N) is 2. The molecule has 0 unspecified atom stereocenters. The molecule has 0 fully saturated rings. The molecule has 1 aromatic carbocycles. The SMILES string of the molecule is CCCCNS(=O)(=O)c1ccc(NCCC)cc1[N+](=O)[O-]. The van der Waals surface area contributed by atoms with Gasteiger partial charge in [0.1, 0.15) is 0 Å². The molecule has 1 aromatic rings. The second kappa shape index (κ2) is 7.94. The fraction of sp³-hybridized carbons (Fsp3) is 0.538. The Morgan fingerprint density at radius 2 is 1.90 bits per heavy atom. The smallest absolute Gasteiger partial charge is 0.291 e. The number of nitrogens with zero attached hydrogens (tertiary/aromatic N) is 1. The highest BCUT2D eigenvalue weighted by Gasteiger charge is 2.25. The summed E-state index contributed by atoms with van der Waals surface area (Å²) in [5.74, 6) is 0. The number of benzene rings is 1. The van der Waals surface area contributed by atoms with Gasteiger partial charge in [0.15, 0.2) is 4.90 Å². The Morgan fingerprint density at radius 3 is 2.48 bits per heavy atom. The van der Waals surface area contributed by atoms with Crippen LogP contribution in [0.25, 0.3) is 0 Å². The third kappa shape index (κ3) is 4.98. The standard InChI is InChI=1S/C13H21N3O4S/c1-3-5-9-15-21(19,20)13-7-6-11(14-8-4-2)10-12(13)16(17)18/h6-7,10,14-15H,3-5,8-9H2,1-2H3. The summed E-state index contributed by atoms with van der Waals surface area (Å²) in [4.78, 5) is 10.1. The van der Waals surface area contributed by atoms with Crippen molar-refractivity contribution in [3.05, 3.63) is 28.3 Å². The van der Waals surface area contributed by atoms with E-state index in [0.717, 1.165) is 12.8 Å². The highest BCUT2D eigenvalue weighted by molar-refractivity contribution is 7.89. The Hall–Kier alpha value is -1.67. The molecule has 0 saturated heterocycles. The van der Waals surface area contributed by atoms with E-state index < -0.39 is 20.6 Å². The lowest BCUT2D eigenvalue weighted by molar-refractivity contribution is -0.387. The van der Waals surface area contributed by atoms with Crippen LogP contribution in [-0.2, 0) is 10.0 Å². The minimum absolute atomic E-state index is 0.270. The number of hydrogen-bond donors (Lipinski definition) is 2. The summed E-state index contributed by atoms with van der Waals surface area (Å²) in [6.45, 7) is 4.84. The van der Waals surface area contributed by atoms with Crippen molar-refractivity contribution in [3.8, 4) is 0 Å². The van der Waals surface area contributed by atoms with Gasteiger partial charge in [0.25, 0.3) is 5.69 Å². The van der Waals surface area contributed by atoms with Crippen LogP contribution >= 0.6 is 0 Å². The lowest BCUT2D eigenvalue weighted by Gasteiger charge is -2.09. The van der Waals surface area contributed by atoms with Gasteiger partial charge in [-0.1, -0.05) is 20.3 Å². The van der Waals surface area contributed by atoms with E-state index in [0.29, 0.717) is 18.7 Å². The minimum Gasteiger partial charge on any atom is -0.385 e. The van der Waals surface area contributed by atoms with Gasteiger partial charge in [0.05, 0.1) is 4.92 Å². The highest BCUT2D eigenvalue weighted by Crippen LogP contribution is 2.27. The maximum Gasteiger partial charge on any atom is 0.291 e. The summed E-state index contributed by atoms with van der Waals surface area (Å²) in [5, 5.41) is 14.1. The van der Waals surface area contributed by atoms with E-state index in [4.69, 9.17) is 0 Å². The van der Waals surface area contributed by atoms with Crippen molar-refractivity contribution in [2.75, 3.05) is 18.4 Å². The van der Waals surface area contributed by atoms with Gasteiger partial charge >= 0.3 is 0 Å². The Balaban J connectivity index is 3.08. The third-order valence-corrected chi connectivity index (χ3v) is 4.36. The van der Waals surface area contributed by atoms with E-state index in [9.17, 15) is 18.5 Å². The molecule has 0 heterocycles. The number of hydrogen-bond acceptors (Lipinski definition) is 5. The number of anilines is 1. The first-order chi connectivity index (χ1) is 9.92. The van der Waals surface area contributed by atoms with Crippen molar-refractivity contribution >= 4 is 21.4 Å². The summed E-state index contributed by atoms with van der Waals surface area (Å²) in [7, 11) is -3.86. The Kier molecular flexibility index (Phi) is 6.57. The van der Waals surface area contributed by atoms with Crippen molar-refractivity contribution in [2.24, 2.45) is 0 Å². The summed E-state index contributed by atoms with van der Waals surface area (Å²) in [5.41, 5.74) is 0.121.